The van der Waals surface area contributed by atoms with Crippen molar-refractivity contribution in [3.05, 3.63) is 28.6 Å². The molecule has 2 fully saturated rings. The van der Waals surface area contributed by atoms with Gasteiger partial charge in [0.2, 0.25) is 0 Å². The van der Waals surface area contributed by atoms with Crippen molar-refractivity contribution >= 4 is 12.0 Å². The lowest BCUT2D eigenvalue weighted by Crippen LogP contribution is -2.49. The first-order valence-corrected chi connectivity index (χ1v) is 10.8. The van der Waals surface area contributed by atoms with Gasteiger partial charge in [0, 0.05) is 37.6 Å². The molecule has 0 bridgehead atoms. The molecule has 2 atom stereocenters. The molecule has 158 valence electrons. The average molecular weight is 399 g/mol. The van der Waals surface area contributed by atoms with Crippen LogP contribution in [0.25, 0.3) is 6.08 Å². The summed E-state index contributed by atoms with van der Waals surface area (Å²) in [6.07, 6.45) is 6.43. The van der Waals surface area contributed by atoms with Crippen LogP contribution >= 0.6 is 0 Å². The molecule has 0 aliphatic carbocycles. The van der Waals surface area contributed by atoms with Crippen LogP contribution in [0.2, 0.25) is 0 Å². The maximum absolute atomic E-state index is 13.1. The van der Waals surface area contributed by atoms with Crippen LogP contribution in [0.1, 0.15) is 55.6 Å². The lowest BCUT2D eigenvalue weighted by atomic mass is 10.0. The summed E-state index contributed by atoms with van der Waals surface area (Å²) in [4.78, 5) is 17.5. The minimum Gasteiger partial charge on any atom is -0.383 e. The number of carbonyl (C=O) groups is 1. The van der Waals surface area contributed by atoms with Crippen LogP contribution in [-0.2, 0) is 9.53 Å². The molecule has 3 heterocycles. The minimum atomic E-state index is -0.133. The molecule has 6 nitrogen and oxygen atoms in total. The molecule has 0 aromatic carbocycles. The van der Waals surface area contributed by atoms with Crippen molar-refractivity contribution in [2.24, 2.45) is 0 Å². The van der Waals surface area contributed by atoms with Gasteiger partial charge >= 0.3 is 0 Å². The summed E-state index contributed by atoms with van der Waals surface area (Å²) in [5, 5.41) is 9.72. The SMILES string of the molecule is COCC(C)n1c(C)cc(C=C(C#N)C(=O)N2CCCC(N3CCCC3)C2)c1C. The summed E-state index contributed by atoms with van der Waals surface area (Å²) in [5.74, 6) is -0.133. The Bertz CT molecular complexity index is 799. The molecule has 1 aromatic heterocycles. The monoisotopic (exact) mass is 398 g/mol. The first-order valence-electron chi connectivity index (χ1n) is 10.8. The number of amides is 1. The van der Waals surface area contributed by atoms with E-state index in [0.29, 0.717) is 12.6 Å². The van der Waals surface area contributed by atoms with Crippen LogP contribution in [0.3, 0.4) is 0 Å². The number of aromatic nitrogens is 1. The van der Waals surface area contributed by atoms with E-state index < -0.39 is 0 Å². The van der Waals surface area contributed by atoms with Gasteiger partial charge in [-0.3, -0.25) is 9.69 Å². The Morgan fingerprint density at radius 1 is 1.31 bits per heavy atom. The highest BCUT2D eigenvalue weighted by atomic mass is 16.5. The standard InChI is InChI=1S/C23H34N4O2/c1-17-12-20(19(3)27(17)18(2)16-29-4)13-21(14-24)23(28)26-11-7-8-22(15-26)25-9-5-6-10-25/h12-13,18,22H,5-11,15-16H2,1-4H3. The summed E-state index contributed by atoms with van der Waals surface area (Å²) in [5.41, 5.74) is 3.33. The first-order chi connectivity index (χ1) is 14.0. The van der Waals surface area contributed by atoms with Crippen molar-refractivity contribution in [2.45, 2.75) is 58.5 Å². The van der Waals surface area contributed by atoms with Gasteiger partial charge in [-0.1, -0.05) is 0 Å². The van der Waals surface area contributed by atoms with Gasteiger partial charge in [0.15, 0.2) is 0 Å². The van der Waals surface area contributed by atoms with Crippen molar-refractivity contribution in [1.82, 2.24) is 14.4 Å². The quantitative estimate of drug-likeness (QED) is 0.545. The fourth-order valence-corrected chi connectivity index (χ4v) is 4.95. The van der Waals surface area contributed by atoms with Crippen molar-refractivity contribution in [3.63, 3.8) is 0 Å². The molecule has 2 unspecified atom stereocenters. The number of hydrogen-bond acceptors (Lipinski definition) is 4. The molecular formula is C23H34N4O2. The lowest BCUT2D eigenvalue weighted by molar-refractivity contribution is -0.128. The van der Waals surface area contributed by atoms with Crippen LogP contribution in [0.4, 0.5) is 0 Å². The number of methoxy groups -OCH3 is 1. The van der Waals surface area contributed by atoms with E-state index in [2.05, 4.69) is 35.5 Å². The molecule has 0 spiro atoms. The third-order valence-corrected chi connectivity index (χ3v) is 6.36. The van der Waals surface area contributed by atoms with E-state index in [-0.39, 0.29) is 17.5 Å². The Morgan fingerprint density at radius 2 is 2.03 bits per heavy atom. The molecule has 1 amide bonds. The molecule has 0 N–H and O–H groups in total. The molecule has 1 aromatic rings. The topological polar surface area (TPSA) is 61.5 Å². The van der Waals surface area contributed by atoms with Gasteiger partial charge in [0.05, 0.1) is 12.6 Å². The molecule has 0 radical (unpaired) electrons. The van der Waals surface area contributed by atoms with Gasteiger partial charge < -0.3 is 14.2 Å². The largest absolute Gasteiger partial charge is 0.383 e. The third-order valence-electron chi connectivity index (χ3n) is 6.36. The lowest BCUT2D eigenvalue weighted by Gasteiger charge is -2.37. The number of carbonyl (C=O) groups excluding carboxylic acids is 1. The summed E-state index contributed by atoms with van der Waals surface area (Å²) < 4.78 is 7.50. The van der Waals surface area contributed by atoms with Gasteiger partial charge in [0.25, 0.3) is 5.91 Å². The van der Waals surface area contributed by atoms with Gasteiger partial charge in [-0.2, -0.15) is 5.26 Å². The minimum absolute atomic E-state index is 0.133. The Balaban J connectivity index is 1.78. The summed E-state index contributed by atoms with van der Waals surface area (Å²) in [7, 11) is 1.70. The molecule has 2 saturated heterocycles. The van der Waals surface area contributed by atoms with Gasteiger partial charge in [0.1, 0.15) is 11.6 Å². The second-order valence-electron chi connectivity index (χ2n) is 8.46. The number of nitriles is 1. The Hall–Kier alpha value is -2.10. The van der Waals surface area contributed by atoms with E-state index in [1.807, 2.05) is 11.8 Å². The number of nitrogens with zero attached hydrogens (tertiary/aromatic N) is 4. The maximum Gasteiger partial charge on any atom is 0.264 e. The molecule has 3 rings (SSSR count). The number of rotatable bonds is 6. The van der Waals surface area contributed by atoms with Gasteiger partial charge in [-0.25, -0.2) is 0 Å². The molecule has 2 aliphatic rings. The van der Waals surface area contributed by atoms with Crippen molar-refractivity contribution in [1.29, 1.82) is 5.26 Å². The highest BCUT2D eigenvalue weighted by molar-refractivity contribution is 6.01. The Labute approximate surface area is 174 Å². The number of hydrogen-bond donors (Lipinski definition) is 0. The molecule has 0 saturated carbocycles. The number of likely N-dealkylation sites (tertiary alicyclic amines) is 2. The fraction of sp³-hybridized carbons (Fsp3) is 0.652. The van der Waals surface area contributed by atoms with E-state index in [9.17, 15) is 10.1 Å². The zero-order valence-electron chi connectivity index (χ0n) is 18.3. The van der Waals surface area contributed by atoms with Crippen molar-refractivity contribution < 1.29 is 9.53 Å². The van der Waals surface area contributed by atoms with Crippen LogP contribution in [-0.4, -0.2) is 66.2 Å². The zero-order valence-corrected chi connectivity index (χ0v) is 18.3. The number of piperidine rings is 1. The van der Waals surface area contributed by atoms with Crippen LogP contribution in [0.5, 0.6) is 0 Å². The summed E-state index contributed by atoms with van der Waals surface area (Å²) in [6.45, 7) is 10.6. The molecule has 29 heavy (non-hydrogen) atoms. The normalized spacial score (nSPS) is 22.0. The predicted molar refractivity (Wildman–Crippen MR) is 114 cm³/mol. The van der Waals surface area contributed by atoms with Crippen LogP contribution < -0.4 is 0 Å². The van der Waals surface area contributed by atoms with Crippen molar-refractivity contribution in [2.75, 3.05) is 39.9 Å². The maximum atomic E-state index is 13.1. The van der Waals surface area contributed by atoms with Gasteiger partial charge in [-0.15, -0.1) is 0 Å². The molecular weight excluding hydrogens is 364 g/mol. The van der Waals surface area contributed by atoms with E-state index in [1.165, 1.54) is 12.8 Å². The number of ether oxygens (including phenoxy) is 1. The highest BCUT2D eigenvalue weighted by Crippen LogP contribution is 2.25. The average Bonchev–Trinajstić information content (AvgIpc) is 3.34. The highest BCUT2D eigenvalue weighted by Gasteiger charge is 2.30. The second kappa shape index (κ2) is 9.60. The smallest absolute Gasteiger partial charge is 0.264 e. The second-order valence-corrected chi connectivity index (χ2v) is 8.46. The van der Waals surface area contributed by atoms with E-state index in [0.717, 1.165) is 56.0 Å². The van der Waals surface area contributed by atoms with Gasteiger partial charge in [-0.05, 0) is 77.2 Å². The Morgan fingerprint density at radius 3 is 2.69 bits per heavy atom. The van der Waals surface area contributed by atoms with Crippen LogP contribution in [0, 0.1) is 25.2 Å². The molecule has 6 heteroatoms. The van der Waals surface area contributed by atoms with E-state index >= 15 is 0 Å². The van der Waals surface area contributed by atoms with Crippen LogP contribution in [0.15, 0.2) is 11.6 Å². The predicted octanol–water partition coefficient (Wildman–Crippen LogP) is 3.31. The zero-order chi connectivity index (χ0) is 21.0. The number of aryl methyl sites for hydroxylation is 1. The molecule has 2 aliphatic heterocycles. The Kier molecular flexibility index (Phi) is 7.15. The van der Waals surface area contributed by atoms with E-state index in [4.69, 9.17) is 4.74 Å². The third kappa shape index (κ3) is 4.73. The first kappa shape index (κ1) is 21.6. The summed E-state index contributed by atoms with van der Waals surface area (Å²) in [6, 6.07) is 4.86. The fourth-order valence-electron chi connectivity index (χ4n) is 4.95. The summed E-state index contributed by atoms with van der Waals surface area (Å²) >= 11 is 0. The van der Waals surface area contributed by atoms with Crippen molar-refractivity contribution in [3.8, 4) is 6.07 Å². The van der Waals surface area contributed by atoms with E-state index in [1.54, 1.807) is 13.2 Å².